The van der Waals surface area contributed by atoms with E-state index < -0.39 is 28.5 Å². The Morgan fingerprint density at radius 3 is 2.24 bits per heavy atom. The Balaban J connectivity index is 2.48. The lowest BCUT2D eigenvalue weighted by molar-refractivity contribution is -0.140. The minimum absolute atomic E-state index is 0.0442. The van der Waals surface area contributed by atoms with Gasteiger partial charge in [0, 0.05) is 18.1 Å². The molecule has 2 rings (SSSR count). The number of anilines is 1. The maximum atomic E-state index is 13.6. The summed E-state index contributed by atoms with van der Waals surface area (Å²) in [6.07, 6.45) is 1.36. The van der Waals surface area contributed by atoms with Gasteiger partial charge in [-0.3, -0.25) is 13.9 Å². The highest BCUT2D eigenvalue weighted by atomic mass is 35.5. The number of benzene rings is 2. The second-order valence-corrected chi connectivity index (χ2v) is 10.9. The lowest BCUT2D eigenvalue weighted by Gasteiger charge is -2.33. The predicted molar refractivity (Wildman–Crippen MR) is 138 cm³/mol. The van der Waals surface area contributed by atoms with E-state index in [9.17, 15) is 18.0 Å². The smallest absolute Gasteiger partial charge is 0.244 e. The molecule has 186 valence electrons. The molecule has 34 heavy (non-hydrogen) atoms. The van der Waals surface area contributed by atoms with Crippen LogP contribution in [-0.4, -0.2) is 50.5 Å². The van der Waals surface area contributed by atoms with Crippen molar-refractivity contribution in [1.29, 1.82) is 0 Å². The Bertz CT molecular complexity index is 1160. The summed E-state index contributed by atoms with van der Waals surface area (Å²) in [6.45, 7) is 5.22. The molecule has 0 heterocycles. The fourth-order valence-corrected chi connectivity index (χ4v) is 4.99. The summed E-state index contributed by atoms with van der Waals surface area (Å²) < 4.78 is 26.3. The van der Waals surface area contributed by atoms with Gasteiger partial charge in [-0.1, -0.05) is 47.8 Å². The van der Waals surface area contributed by atoms with Crippen LogP contribution in [-0.2, 0) is 26.2 Å². The summed E-state index contributed by atoms with van der Waals surface area (Å²) >= 11 is 18.2. The molecule has 0 fully saturated rings. The van der Waals surface area contributed by atoms with Gasteiger partial charge in [-0.15, -0.1) is 0 Å². The third-order valence-electron chi connectivity index (χ3n) is 5.18. The van der Waals surface area contributed by atoms with Gasteiger partial charge in [0.15, 0.2) is 0 Å². The van der Waals surface area contributed by atoms with Crippen molar-refractivity contribution in [1.82, 2.24) is 10.2 Å². The second-order valence-electron chi connectivity index (χ2n) is 7.79. The third kappa shape index (κ3) is 7.25. The minimum atomic E-state index is -3.83. The lowest BCUT2D eigenvalue weighted by atomic mass is 10.1. The Hall–Kier alpha value is -2.00. The van der Waals surface area contributed by atoms with Gasteiger partial charge in [0.25, 0.3) is 0 Å². The van der Waals surface area contributed by atoms with Gasteiger partial charge in [-0.05, 0) is 61.7 Å². The molecule has 0 unspecified atom stereocenters. The molecule has 0 aromatic heterocycles. The first kappa shape index (κ1) is 28.2. The Morgan fingerprint density at radius 1 is 1.03 bits per heavy atom. The number of nitrogens with zero attached hydrogens (tertiary/aromatic N) is 2. The molecule has 0 bridgehead atoms. The van der Waals surface area contributed by atoms with Crippen molar-refractivity contribution in [3.8, 4) is 0 Å². The number of likely N-dealkylation sites (N-methyl/N-ethyl adjacent to an activating group) is 1. The molecular weight excluding hydrogens is 521 g/mol. The average Bonchev–Trinajstić information content (AvgIpc) is 2.74. The van der Waals surface area contributed by atoms with E-state index in [4.69, 9.17) is 34.8 Å². The maximum absolute atomic E-state index is 13.6. The van der Waals surface area contributed by atoms with E-state index in [1.807, 2.05) is 0 Å². The zero-order chi connectivity index (χ0) is 25.6. The molecule has 2 amide bonds. The first-order chi connectivity index (χ1) is 15.9. The largest absolute Gasteiger partial charge is 0.355 e. The summed E-state index contributed by atoms with van der Waals surface area (Å²) in [5, 5.41) is 3.86. The van der Waals surface area contributed by atoms with Crippen LogP contribution < -0.4 is 9.62 Å². The van der Waals surface area contributed by atoms with E-state index in [1.165, 1.54) is 4.90 Å². The molecular formula is C23H28Cl3N3O4S. The van der Waals surface area contributed by atoms with Gasteiger partial charge in [0.05, 0.1) is 22.0 Å². The van der Waals surface area contributed by atoms with Crippen molar-refractivity contribution in [3.63, 3.8) is 0 Å². The Labute approximate surface area is 216 Å². The van der Waals surface area contributed by atoms with Crippen molar-refractivity contribution >= 4 is 62.3 Å². The fourth-order valence-electron chi connectivity index (χ4n) is 3.54. The standard InChI is InChI=1S/C23H28Cl3N3O4S/c1-5-20(23(31)27-6-2)28(13-16-7-9-18(25)19(26)12-16)22(30)14-29(34(4,32)33)21-10-8-17(24)11-15(21)3/h7-12,20H,5-6,13-14H2,1-4H3,(H,27,31)/t20-/m0/s1. The fraction of sp³-hybridized carbons (Fsp3) is 0.391. The van der Waals surface area contributed by atoms with Gasteiger partial charge in [-0.2, -0.15) is 0 Å². The van der Waals surface area contributed by atoms with E-state index in [1.54, 1.807) is 57.2 Å². The van der Waals surface area contributed by atoms with Gasteiger partial charge >= 0.3 is 0 Å². The number of aryl methyl sites for hydroxylation is 1. The highest BCUT2D eigenvalue weighted by Gasteiger charge is 2.32. The van der Waals surface area contributed by atoms with Crippen LogP contribution in [0.3, 0.4) is 0 Å². The lowest BCUT2D eigenvalue weighted by Crippen LogP contribution is -2.52. The molecule has 0 saturated carbocycles. The van der Waals surface area contributed by atoms with Crippen LogP contribution >= 0.6 is 34.8 Å². The molecule has 0 aliphatic carbocycles. The molecule has 0 saturated heterocycles. The van der Waals surface area contributed by atoms with E-state index >= 15 is 0 Å². The van der Waals surface area contributed by atoms with Crippen LogP contribution in [0.5, 0.6) is 0 Å². The van der Waals surface area contributed by atoms with Crippen LogP contribution in [0.1, 0.15) is 31.4 Å². The zero-order valence-corrected chi connectivity index (χ0v) is 22.5. The summed E-state index contributed by atoms with van der Waals surface area (Å²) in [5.74, 6) is -0.865. The maximum Gasteiger partial charge on any atom is 0.244 e. The number of sulfonamides is 1. The molecule has 0 aliphatic heterocycles. The van der Waals surface area contributed by atoms with Crippen LogP contribution in [0, 0.1) is 6.92 Å². The average molecular weight is 549 g/mol. The van der Waals surface area contributed by atoms with Crippen molar-refractivity contribution < 1.29 is 18.0 Å². The van der Waals surface area contributed by atoms with Crippen molar-refractivity contribution in [3.05, 3.63) is 62.6 Å². The second kappa shape index (κ2) is 12.1. The normalized spacial score (nSPS) is 12.2. The molecule has 7 nitrogen and oxygen atoms in total. The Kier molecular flexibility index (Phi) is 10.1. The number of carbonyl (C=O) groups is 2. The molecule has 11 heteroatoms. The van der Waals surface area contributed by atoms with Crippen LogP contribution in [0.15, 0.2) is 36.4 Å². The first-order valence-electron chi connectivity index (χ1n) is 10.6. The van der Waals surface area contributed by atoms with E-state index in [0.717, 1.165) is 10.6 Å². The minimum Gasteiger partial charge on any atom is -0.355 e. The number of hydrogen-bond acceptors (Lipinski definition) is 4. The van der Waals surface area contributed by atoms with Crippen molar-refractivity contribution in [2.75, 3.05) is 23.7 Å². The monoisotopic (exact) mass is 547 g/mol. The molecule has 0 spiro atoms. The van der Waals surface area contributed by atoms with Gasteiger partial charge < -0.3 is 10.2 Å². The number of halogens is 3. The summed E-state index contributed by atoms with van der Waals surface area (Å²) in [6, 6.07) is 8.85. The van der Waals surface area contributed by atoms with Crippen molar-refractivity contribution in [2.45, 2.75) is 39.8 Å². The SMILES string of the molecule is CCNC(=O)[C@H](CC)N(Cc1ccc(Cl)c(Cl)c1)C(=O)CN(c1ccc(Cl)cc1C)S(C)(=O)=O. The number of rotatable bonds is 10. The number of amides is 2. The molecule has 0 radical (unpaired) electrons. The molecule has 1 atom stereocenters. The first-order valence-corrected chi connectivity index (χ1v) is 13.6. The predicted octanol–water partition coefficient (Wildman–Crippen LogP) is 4.66. The zero-order valence-electron chi connectivity index (χ0n) is 19.4. The number of nitrogens with one attached hydrogen (secondary N) is 1. The highest BCUT2D eigenvalue weighted by molar-refractivity contribution is 7.92. The highest BCUT2D eigenvalue weighted by Crippen LogP contribution is 2.27. The van der Waals surface area contributed by atoms with Crippen LogP contribution in [0.25, 0.3) is 0 Å². The van der Waals surface area contributed by atoms with Gasteiger partial charge in [0.2, 0.25) is 21.8 Å². The quantitative estimate of drug-likeness (QED) is 0.468. The van der Waals surface area contributed by atoms with Crippen molar-refractivity contribution in [2.24, 2.45) is 0 Å². The molecule has 2 aromatic carbocycles. The topological polar surface area (TPSA) is 86.8 Å². The van der Waals surface area contributed by atoms with E-state index in [0.29, 0.717) is 44.8 Å². The van der Waals surface area contributed by atoms with E-state index in [2.05, 4.69) is 5.32 Å². The molecule has 2 aromatic rings. The Morgan fingerprint density at radius 2 is 1.71 bits per heavy atom. The molecule has 0 aliphatic rings. The van der Waals surface area contributed by atoms with Crippen LogP contribution in [0.4, 0.5) is 5.69 Å². The third-order valence-corrected chi connectivity index (χ3v) is 7.28. The van der Waals surface area contributed by atoms with E-state index in [-0.39, 0.29) is 12.5 Å². The summed E-state index contributed by atoms with van der Waals surface area (Å²) in [4.78, 5) is 27.7. The van der Waals surface area contributed by atoms with Gasteiger partial charge in [0.1, 0.15) is 12.6 Å². The summed E-state index contributed by atoms with van der Waals surface area (Å²) in [5.41, 5.74) is 1.58. The summed E-state index contributed by atoms with van der Waals surface area (Å²) in [7, 11) is -3.83. The van der Waals surface area contributed by atoms with Crippen LogP contribution in [0.2, 0.25) is 15.1 Å². The molecule has 1 N–H and O–H groups in total. The number of carbonyl (C=O) groups excluding carboxylic acids is 2. The van der Waals surface area contributed by atoms with Gasteiger partial charge in [-0.25, -0.2) is 8.42 Å². The number of hydrogen-bond donors (Lipinski definition) is 1.